The van der Waals surface area contributed by atoms with Gasteiger partial charge in [-0.2, -0.15) is 0 Å². The molecule has 6 nitrogen and oxygen atoms in total. The molecule has 0 aliphatic heterocycles. The second kappa shape index (κ2) is 8.20. The molecule has 3 aromatic rings. The third-order valence-corrected chi connectivity index (χ3v) is 3.93. The van der Waals surface area contributed by atoms with Gasteiger partial charge in [0, 0.05) is 24.6 Å². The Morgan fingerprint density at radius 3 is 2.54 bits per heavy atom. The molecular weight excluding hydrogens is 326 g/mol. The summed E-state index contributed by atoms with van der Waals surface area (Å²) in [6.45, 7) is 4.36. The number of carbonyl (C=O) groups is 1. The van der Waals surface area contributed by atoms with Crippen molar-refractivity contribution in [2.75, 3.05) is 5.32 Å². The van der Waals surface area contributed by atoms with Gasteiger partial charge in [0.15, 0.2) is 0 Å². The first-order chi connectivity index (χ1) is 12.6. The fourth-order valence-electron chi connectivity index (χ4n) is 2.54. The van der Waals surface area contributed by atoms with E-state index in [-0.39, 0.29) is 11.9 Å². The summed E-state index contributed by atoms with van der Waals surface area (Å²) in [7, 11) is 0. The first kappa shape index (κ1) is 17.5. The zero-order valence-electron chi connectivity index (χ0n) is 14.8. The highest BCUT2D eigenvalue weighted by Crippen LogP contribution is 2.13. The van der Waals surface area contributed by atoms with E-state index in [4.69, 9.17) is 0 Å². The predicted octanol–water partition coefficient (Wildman–Crippen LogP) is 3.28. The van der Waals surface area contributed by atoms with Gasteiger partial charge in [-0.15, -0.1) is 0 Å². The first-order valence-corrected chi connectivity index (χ1v) is 8.46. The van der Waals surface area contributed by atoms with Crippen molar-refractivity contribution in [2.45, 2.75) is 26.4 Å². The summed E-state index contributed by atoms with van der Waals surface area (Å²) >= 11 is 0. The average Bonchev–Trinajstić information content (AvgIpc) is 2.67. The van der Waals surface area contributed by atoms with Crippen LogP contribution < -0.4 is 10.6 Å². The van der Waals surface area contributed by atoms with Gasteiger partial charge in [-0.3, -0.25) is 9.78 Å². The molecule has 132 valence electrons. The van der Waals surface area contributed by atoms with E-state index in [1.54, 1.807) is 18.5 Å². The molecular formula is C20H21N5O. The Morgan fingerprint density at radius 1 is 1.08 bits per heavy atom. The van der Waals surface area contributed by atoms with Crippen molar-refractivity contribution in [3.8, 4) is 0 Å². The van der Waals surface area contributed by atoms with E-state index in [2.05, 4.69) is 25.6 Å². The minimum Gasteiger partial charge on any atom is -0.350 e. The maximum absolute atomic E-state index is 12.6. The molecule has 1 unspecified atom stereocenters. The van der Waals surface area contributed by atoms with Crippen molar-refractivity contribution in [3.63, 3.8) is 0 Å². The molecule has 1 aromatic carbocycles. The number of carbonyl (C=O) groups excluding carboxylic acids is 1. The molecule has 2 N–H and O–H groups in total. The van der Waals surface area contributed by atoms with Crippen LogP contribution in [-0.4, -0.2) is 20.9 Å². The molecule has 0 radical (unpaired) electrons. The Balaban J connectivity index is 1.69. The molecule has 0 saturated heterocycles. The number of nitrogens with zero attached hydrogens (tertiary/aromatic N) is 3. The van der Waals surface area contributed by atoms with Gasteiger partial charge in [0.25, 0.3) is 5.91 Å². The number of rotatable bonds is 6. The van der Waals surface area contributed by atoms with Crippen LogP contribution in [0.2, 0.25) is 0 Å². The molecule has 6 heteroatoms. The van der Waals surface area contributed by atoms with Gasteiger partial charge in [-0.25, -0.2) is 9.97 Å². The largest absolute Gasteiger partial charge is 0.350 e. The fourth-order valence-corrected chi connectivity index (χ4v) is 2.54. The molecule has 2 aromatic heterocycles. The van der Waals surface area contributed by atoms with Crippen LogP contribution in [-0.2, 0) is 6.54 Å². The zero-order chi connectivity index (χ0) is 18.4. The number of benzene rings is 1. The Labute approximate surface area is 152 Å². The summed E-state index contributed by atoms with van der Waals surface area (Å²) in [6, 6.07) is 15.2. The first-order valence-electron chi connectivity index (χ1n) is 8.46. The van der Waals surface area contributed by atoms with Crippen LogP contribution >= 0.6 is 0 Å². The van der Waals surface area contributed by atoms with Crippen molar-refractivity contribution in [3.05, 3.63) is 83.4 Å². The van der Waals surface area contributed by atoms with Crippen molar-refractivity contribution in [2.24, 2.45) is 0 Å². The summed E-state index contributed by atoms with van der Waals surface area (Å²) in [4.78, 5) is 25.3. The lowest BCUT2D eigenvalue weighted by atomic mass is 10.1. The third kappa shape index (κ3) is 4.63. The van der Waals surface area contributed by atoms with Gasteiger partial charge in [0.2, 0.25) is 5.95 Å². The highest BCUT2D eigenvalue weighted by atomic mass is 16.1. The van der Waals surface area contributed by atoms with Gasteiger partial charge in [0.1, 0.15) is 5.69 Å². The van der Waals surface area contributed by atoms with Crippen LogP contribution in [0.3, 0.4) is 0 Å². The lowest BCUT2D eigenvalue weighted by Gasteiger charge is -2.14. The Kier molecular flexibility index (Phi) is 5.53. The molecule has 0 aliphatic rings. The monoisotopic (exact) mass is 347 g/mol. The summed E-state index contributed by atoms with van der Waals surface area (Å²) < 4.78 is 0. The molecule has 1 amide bonds. The van der Waals surface area contributed by atoms with Crippen LogP contribution in [0.25, 0.3) is 0 Å². The van der Waals surface area contributed by atoms with E-state index in [9.17, 15) is 4.79 Å². The van der Waals surface area contributed by atoms with Crippen molar-refractivity contribution in [1.29, 1.82) is 0 Å². The molecule has 0 aliphatic carbocycles. The zero-order valence-corrected chi connectivity index (χ0v) is 14.8. The van der Waals surface area contributed by atoms with E-state index in [1.165, 1.54) is 0 Å². The Hall–Kier alpha value is -3.28. The number of anilines is 1. The van der Waals surface area contributed by atoms with Crippen LogP contribution in [0, 0.1) is 6.92 Å². The van der Waals surface area contributed by atoms with Crippen LogP contribution in [0.5, 0.6) is 0 Å². The fraction of sp³-hybridized carbons (Fsp3) is 0.200. The molecule has 0 saturated carbocycles. The second-order valence-corrected chi connectivity index (χ2v) is 6.03. The molecule has 0 bridgehead atoms. The van der Waals surface area contributed by atoms with E-state index >= 15 is 0 Å². The quantitative estimate of drug-likeness (QED) is 0.715. The smallest absolute Gasteiger partial charge is 0.270 e. The van der Waals surface area contributed by atoms with Gasteiger partial charge in [-0.1, -0.05) is 30.3 Å². The molecule has 3 rings (SSSR count). The lowest BCUT2D eigenvalue weighted by molar-refractivity contribution is 0.0934. The maximum atomic E-state index is 12.6. The minimum atomic E-state index is -0.223. The predicted molar refractivity (Wildman–Crippen MR) is 101 cm³/mol. The van der Waals surface area contributed by atoms with E-state index < -0.39 is 0 Å². The average molecular weight is 347 g/mol. The Bertz CT molecular complexity index is 868. The second-order valence-electron chi connectivity index (χ2n) is 6.03. The lowest BCUT2D eigenvalue weighted by Crippen LogP contribution is -2.28. The van der Waals surface area contributed by atoms with Crippen LogP contribution in [0.15, 0.2) is 60.9 Å². The van der Waals surface area contributed by atoms with Crippen molar-refractivity contribution in [1.82, 2.24) is 20.3 Å². The van der Waals surface area contributed by atoms with E-state index in [0.29, 0.717) is 18.2 Å². The summed E-state index contributed by atoms with van der Waals surface area (Å²) in [5, 5.41) is 6.13. The topological polar surface area (TPSA) is 79.8 Å². The standard InChI is InChI=1S/C20H21N5O/c1-14-12-18(19(26)24-15(2)17-6-4-3-5-7-17)25-20(23-14)22-13-16-8-10-21-11-9-16/h3-12,15H,13H2,1-2H3,(H,24,26)(H,22,23,25). The number of nitrogens with one attached hydrogen (secondary N) is 2. The number of aromatic nitrogens is 3. The molecule has 1 atom stereocenters. The summed E-state index contributed by atoms with van der Waals surface area (Å²) in [5.74, 6) is 0.207. The van der Waals surface area contributed by atoms with Gasteiger partial charge < -0.3 is 10.6 Å². The number of hydrogen-bond acceptors (Lipinski definition) is 5. The molecule has 26 heavy (non-hydrogen) atoms. The van der Waals surface area contributed by atoms with Crippen molar-refractivity contribution < 1.29 is 4.79 Å². The normalized spacial score (nSPS) is 11.6. The number of pyridine rings is 1. The van der Waals surface area contributed by atoms with Gasteiger partial charge in [-0.05, 0) is 43.2 Å². The number of amides is 1. The van der Waals surface area contributed by atoms with Gasteiger partial charge >= 0.3 is 0 Å². The highest BCUT2D eigenvalue weighted by molar-refractivity contribution is 5.92. The van der Waals surface area contributed by atoms with Crippen LogP contribution in [0.1, 0.15) is 40.3 Å². The van der Waals surface area contributed by atoms with Gasteiger partial charge in [0.05, 0.1) is 6.04 Å². The number of aryl methyl sites for hydroxylation is 1. The molecule has 0 spiro atoms. The summed E-state index contributed by atoms with van der Waals surface area (Å²) in [5.41, 5.74) is 3.18. The van der Waals surface area contributed by atoms with Crippen LogP contribution in [0.4, 0.5) is 5.95 Å². The van der Waals surface area contributed by atoms with E-state index in [1.807, 2.05) is 56.3 Å². The van der Waals surface area contributed by atoms with E-state index in [0.717, 1.165) is 16.8 Å². The SMILES string of the molecule is Cc1cc(C(=O)NC(C)c2ccccc2)nc(NCc2ccncc2)n1. The Morgan fingerprint density at radius 2 is 1.81 bits per heavy atom. The maximum Gasteiger partial charge on any atom is 0.270 e. The third-order valence-electron chi connectivity index (χ3n) is 3.93. The number of hydrogen-bond donors (Lipinski definition) is 2. The highest BCUT2D eigenvalue weighted by Gasteiger charge is 2.14. The van der Waals surface area contributed by atoms with Crippen molar-refractivity contribution >= 4 is 11.9 Å². The molecule has 0 fully saturated rings. The summed E-state index contributed by atoms with van der Waals surface area (Å²) in [6.07, 6.45) is 3.47. The molecule has 2 heterocycles. The minimum absolute atomic E-state index is 0.104.